The molecule has 1 aromatic carbocycles. The molecule has 0 amide bonds. The van der Waals surface area contributed by atoms with Crippen LogP contribution in [-0.4, -0.2) is 51.3 Å². The zero-order valence-corrected chi connectivity index (χ0v) is 12.9. The molecule has 0 radical (unpaired) electrons. The summed E-state index contributed by atoms with van der Waals surface area (Å²) in [5, 5.41) is 3.61. The molecule has 0 aromatic heterocycles. The van der Waals surface area contributed by atoms with Crippen molar-refractivity contribution in [2.45, 2.75) is 19.3 Å². The smallest absolute Gasteiger partial charge is 0.161 e. The van der Waals surface area contributed by atoms with Crippen LogP contribution in [0.3, 0.4) is 0 Å². The highest BCUT2D eigenvalue weighted by Gasteiger charge is 2.16. The van der Waals surface area contributed by atoms with Crippen LogP contribution in [0.25, 0.3) is 0 Å². The van der Waals surface area contributed by atoms with Crippen LogP contribution in [0.5, 0.6) is 11.5 Å². The summed E-state index contributed by atoms with van der Waals surface area (Å²) < 4.78 is 11.2. The fourth-order valence-corrected chi connectivity index (χ4v) is 3.22. The number of benzene rings is 1. The van der Waals surface area contributed by atoms with Crippen molar-refractivity contribution in [2.24, 2.45) is 5.92 Å². The van der Waals surface area contributed by atoms with E-state index in [-0.39, 0.29) is 0 Å². The molecule has 116 valence electrons. The Kier molecular flexibility index (Phi) is 4.99. The molecule has 0 aliphatic carbocycles. The van der Waals surface area contributed by atoms with E-state index in [0.717, 1.165) is 36.9 Å². The molecule has 1 aromatic rings. The summed E-state index contributed by atoms with van der Waals surface area (Å²) in [4.78, 5) is 2.44. The molecule has 1 atom stereocenters. The Labute approximate surface area is 127 Å². The number of ether oxygens (including phenoxy) is 2. The van der Waals surface area contributed by atoms with Crippen molar-refractivity contribution < 1.29 is 9.47 Å². The fourth-order valence-electron chi connectivity index (χ4n) is 3.22. The minimum Gasteiger partial charge on any atom is -0.486 e. The maximum atomic E-state index is 5.63. The Hall–Kier alpha value is -1.26. The van der Waals surface area contributed by atoms with E-state index >= 15 is 0 Å². The van der Waals surface area contributed by atoms with Crippen LogP contribution in [0.4, 0.5) is 0 Å². The standard InChI is InChI=1S/C17H26N2O2/c1-19-8-2-3-15(13-19)12-18-7-6-14-4-5-16-17(11-14)21-10-9-20-16/h4-5,11,15,18H,2-3,6-10,12-13H2,1H3. The molecule has 1 unspecified atom stereocenters. The van der Waals surface area contributed by atoms with E-state index in [9.17, 15) is 0 Å². The molecular weight excluding hydrogens is 264 g/mol. The third-order valence-electron chi connectivity index (χ3n) is 4.35. The van der Waals surface area contributed by atoms with Crippen LogP contribution < -0.4 is 14.8 Å². The number of hydrogen-bond donors (Lipinski definition) is 1. The molecule has 21 heavy (non-hydrogen) atoms. The fraction of sp³-hybridized carbons (Fsp3) is 0.647. The van der Waals surface area contributed by atoms with Gasteiger partial charge in [0.1, 0.15) is 13.2 Å². The predicted molar refractivity (Wildman–Crippen MR) is 84.2 cm³/mol. The van der Waals surface area contributed by atoms with E-state index in [1.165, 1.54) is 31.5 Å². The first-order valence-corrected chi connectivity index (χ1v) is 8.09. The van der Waals surface area contributed by atoms with Gasteiger partial charge < -0.3 is 19.7 Å². The highest BCUT2D eigenvalue weighted by molar-refractivity contribution is 5.43. The van der Waals surface area contributed by atoms with E-state index in [1.807, 2.05) is 6.07 Å². The second-order valence-electron chi connectivity index (χ2n) is 6.20. The minimum atomic E-state index is 0.656. The second kappa shape index (κ2) is 7.14. The molecule has 0 saturated carbocycles. The summed E-state index contributed by atoms with van der Waals surface area (Å²) in [7, 11) is 2.22. The first-order valence-electron chi connectivity index (χ1n) is 8.09. The van der Waals surface area contributed by atoms with Crippen LogP contribution in [0.15, 0.2) is 18.2 Å². The lowest BCUT2D eigenvalue weighted by molar-refractivity contribution is 0.171. The van der Waals surface area contributed by atoms with E-state index in [0.29, 0.717) is 13.2 Å². The quantitative estimate of drug-likeness (QED) is 0.840. The molecule has 0 bridgehead atoms. The van der Waals surface area contributed by atoms with Gasteiger partial charge in [-0.3, -0.25) is 0 Å². The largest absolute Gasteiger partial charge is 0.486 e. The van der Waals surface area contributed by atoms with Gasteiger partial charge >= 0.3 is 0 Å². The van der Waals surface area contributed by atoms with Crippen molar-refractivity contribution in [3.8, 4) is 11.5 Å². The summed E-state index contributed by atoms with van der Waals surface area (Å²) in [6, 6.07) is 6.29. The minimum absolute atomic E-state index is 0.656. The van der Waals surface area contributed by atoms with Gasteiger partial charge in [-0.1, -0.05) is 6.07 Å². The monoisotopic (exact) mass is 290 g/mol. The lowest BCUT2D eigenvalue weighted by Gasteiger charge is -2.29. The second-order valence-corrected chi connectivity index (χ2v) is 6.20. The molecular formula is C17H26N2O2. The van der Waals surface area contributed by atoms with Gasteiger partial charge in [-0.2, -0.15) is 0 Å². The van der Waals surface area contributed by atoms with Gasteiger partial charge in [0.25, 0.3) is 0 Å². The van der Waals surface area contributed by atoms with Gasteiger partial charge in [-0.25, -0.2) is 0 Å². The molecule has 0 spiro atoms. The lowest BCUT2D eigenvalue weighted by atomic mass is 9.98. The van der Waals surface area contributed by atoms with Crippen molar-refractivity contribution in [3.63, 3.8) is 0 Å². The molecule has 1 saturated heterocycles. The molecule has 2 aliphatic rings. The lowest BCUT2D eigenvalue weighted by Crippen LogP contribution is -2.37. The molecule has 1 N–H and O–H groups in total. The van der Waals surface area contributed by atoms with Gasteiger partial charge in [0, 0.05) is 6.54 Å². The van der Waals surface area contributed by atoms with E-state index < -0.39 is 0 Å². The van der Waals surface area contributed by atoms with Crippen LogP contribution >= 0.6 is 0 Å². The summed E-state index contributed by atoms with van der Waals surface area (Å²) in [6.07, 6.45) is 3.74. The van der Waals surface area contributed by atoms with Crippen molar-refractivity contribution in [2.75, 3.05) is 46.4 Å². The van der Waals surface area contributed by atoms with Crippen molar-refractivity contribution in [3.05, 3.63) is 23.8 Å². The van der Waals surface area contributed by atoms with Gasteiger partial charge in [-0.15, -0.1) is 0 Å². The first kappa shape index (κ1) is 14.7. The maximum Gasteiger partial charge on any atom is 0.161 e. The van der Waals surface area contributed by atoms with Crippen molar-refractivity contribution in [1.29, 1.82) is 0 Å². The number of nitrogens with zero attached hydrogens (tertiary/aromatic N) is 1. The van der Waals surface area contributed by atoms with Crippen molar-refractivity contribution >= 4 is 0 Å². The average Bonchev–Trinajstić information content (AvgIpc) is 2.51. The summed E-state index contributed by atoms with van der Waals surface area (Å²) in [5.41, 5.74) is 1.31. The number of nitrogens with one attached hydrogen (secondary N) is 1. The Balaban J connectivity index is 1.41. The summed E-state index contributed by atoms with van der Waals surface area (Å²) >= 11 is 0. The average molecular weight is 290 g/mol. The number of piperidine rings is 1. The first-order chi connectivity index (χ1) is 10.3. The molecule has 4 heteroatoms. The third-order valence-corrected chi connectivity index (χ3v) is 4.35. The maximum absolute atomic E-state index is 5.63. The van der Waals surface area contributed by atoms with Gasteiger partial charge in [0.15, 0.2) is 11.5 Å². The highest BCUT2D eigenvalue weighted by atomic mass is 16.6. The summed E-state index contributed by atoms with van der Waals surface area (Å²) in [5.74, 6) is 2.58. The Morgan fingerprint density at radius 1 is 1.24 bits per heavy atom. The Morgan fingerprint density at radius 2 is 2.10 bits per heavy atom. The van der Waals surface area contributed by atoms with Gasteiger partial charge in [0.05, 0.1) is 0 Å². The number of likely N-dealkylation sites (tertiary alicyclic amines) is 1. The number of rotatable bonds is 5. The number of fused-ring (bicyclic) bond motifs is 1. The molecule has 2 aliphatic heterocycles. The van der Waals surface area contributed by atoms with Gasteiger partial charge in [-0.05, 0) is 69.6 Å². The van der Waals surface area contributed by atoms with E-state index in [2.05, 4.69) is 29.4 Å². The highest BCUT2D eigenvalue weighted by Crippen LogP contribution is 2.30. The topological polar surface area (TPSA) is 33.7 Å². The summed E-state index contributed by atoms with van der Waals surface area (Å²) in [6.45, 7) is 5.97. The van der Waals surface area contributed by atoms with Gasteiger partial charge in [0.2, 0.25) is 0 Å². The van der Waals surface area contributed by atoms with Crippen LogP contribution in [0.1, 0.15) is 18.4 Å². The van der Waals surface area contributed by atoms with Crippen LogP contribution in [0.2, 0.25) is 0 Å². The third kappa shape index (κ3) is 4.11. The molecule has 4 nitrogen and oxygen atoms in total. The molecule has 3 rings (SSSR count). The zero-order chi connectivity index (χ0) is 14.5. The van der Waals surface area contributed by atoms with E-state index in [1.54, 1.807) is 0 Å². The van der Waals surface area contributed by atoms with Crippen molar-refractivity contribution in [1.82, 2.24) is 10.2 Å². The predicted octanol–water partition coefficient (Wildman–Crippen LogP) is 1.93. The molecule has 1 fully saturated rings. The number of hydrogen-bond acceptors (Lipinski definition) is 4. The van der Waals surface area contributed by atoms with Crippen LogP contribution in [0, 0.1) is 5.92 Å². The normalized spacial score (nSPS) is 22.2. The zero-order valence-electron chi connectivity index (χ0n) is 12.9. The Morgan fingerprint density at radius 3 is 2.95 bits per heavy atom. The van der Waals surface area contributed by atoms with Crippen LogP contribution in [-0.2, 0) is 6.42 Å². The SMILES string of the molecule is CN1CCCC(CNCCc2ccc3c(c2)OCCO3)C1. The molecule has 2 heterocycles. The van der Waals surface area contributed by atoms with E-state index in [4.69, 9.17) is 9.47 Å². The Bertz CT molecular complexity index is 464.